The Labute approximate surface area is 156 Å². The molecular formula is C21H42NO2P. The first kappa shape index (κ1) is 22.7. The molecule has 2 atom stereocenters. The van der Waals surface area contributed by atoms with Crippen LogP contribution in [0.5, 0.6) is 0 Å². The van der Waals surface area contributed by atoms with E-state index in [2.05, 4.69) is 67.6 Å². The van der Waals surface area contributed by atoms with Gasteiger partial charge in [-0.3, -0.25) is 4.79 Å². The fourth-order valence-corrected chi connectivity index (χ4v) is 10.3. The van der Waals surface area contributed by atoms with Crippen LogP contribution in [-0.2, 0) is 9.36 Å². The Hall–Kier alpha value is -0.300. The van der Waals surface area contributed by atoms with Gasteiger partial charge in [0.15, 0.2) is 0 Å². The van der Waals surface area contributed by atoms with Crippen LogP contribution in [0.1, 0.15) is 95.9 Å². The number of amides is 1. The standard InChI is InChI=1S/C21H42NO2P/c1-17(2,3)13-15-14-21(15,22-16(23)18(4,5)6)25(24,19(7,8)9)20(10,11)12/h15H,13-14H2,1-12H3,(H,22,23)/t15-,21+/m0/s1. The Kier molecular flexibility index (Phi) is 5.56. The summed E-state index contributed by atoms with van der Waals surface area (Å²) in [5.74, 6) is 0.292. The summed E-state index contributed by atoms with van der Waals surface area (Å²) in [4.78, 5) is 12.9. The molecule has 3 nitrogen and oxygen atoms in total. The molecule has 1 fully saturated rings. The molecule has 0 aromatic rings. The second-order valence-corrected chi connectivity index (χ2v) is 16.9. The van der Waals surface area contributed by atoms with Crippen molar-refractivity contribution < 1.29 is 9.36 Å². The summed E-state index contributed by atoms with van der Waals surface area (Å²) in [5, 5.41) is 2.05. The molecule has 0 aromatic heterocycles. The Balaban J connectivity index is 3.48. The molecule has 0 aromatic carbocycles. The predicted octanol–water partition coefficient (Wildman–Crippen LogP) is 6.26. The molecule has 1 N–H and O–H groups in total. The van der Waals surface area contributed by atoms with E-state index in [0.29, 0.717) is 0 Å². The zero-order valence-electron chi connectivity index (χ0n) is 18.8. The van der Waals surface area contributed by atoms with Gasteiger partial charge in [0.2, 0.25) is 5.91 Å². The van der Waals surface area contributed by atoms with E-state index < -0.39 is 17.8 Å². The van der Waals surface area contributed by atoms with Crippen LogP contribution in [0.4, 0.5) is 0 Å². The third-order valence-electron chi connectivity index (χ3n) is 5.39. The van der Waals surface area contributed by atoms with Gasteiger partial charge in [0.25, 0.3) is 0 Å². The number of carbonyl (C=O) groups excluding carboxylic acids is 1. The highest BCUT2D eigenvalue weighted by Crippen LogP contribution is 2.83. The van der Waals surface area contributed by atoms with Gasteiger partial charge in [0, 0.05) is 15.7 Å². The number of carbonyl (C=O) groups is 1. The lowest BCUT2D eigenvalue weighted by Crippen LogP contribution is -2.50. The van der Waals surface area contributed by atoms with Crippen molar-refractivity contribution in [3.05, 3.63) is 0 Å². The lowest BCUT2D eigenvalue weighted by molar-refractivity contribution is -0.129. The van der Waals surface area contributed by atoms with Crippen molar-refractivity contribution in [3.8, 4) is 0 Å². The Morgan fingerprint density at radius 1 is 0.920 bits per heavy atom. The smallest absolute Gasteiger partial charge is 0.226 e. The summed E-state index contributed by atoms with van der Waals surface area (Å²) < 4.78 is 14.7. The van der Waals surface area contributed by atoms with Crippen molar-refractivity contribution >= 4 is 13.0 Å². The molecule has 25 heavy (non-hydrogen) atoms. The second kappa shape index (κ2) is 6.11. The molecule has 1 aliphatic carbocycles. The fourth-order valence-electron chi connectivity index (χ4n) is 4.50. The first-order valence-corrected chi connectivity index (χ1v) is 11.3. The van der Waals surface area contributed by atoms with Gasteiger partial charge < -0.3 is 9.88 Å². The van der Waals surface area contributed by atoms with E-state index in [9.17, 15) is 9.36 Å². The summed E-state index contributed by atoms with van der Waals surface area (Å²) in [7, 11) is -2.78. The van der Waals surface area contributed by atoms with Crippen LogP contribution in [0, 0.1) is 16.7 Å². The number of hydrogen-bond donors (Lipinski definition) is 1. The molecule has 1 rings (SSSR count). The van der Waals surface area contributed by atoms with Crippen molar-refractivity contribution in [3.63, 3.8) is 0 Å². The van der Waals surface area contributed by atoms with E-state index in [0.717, 1.165) is 12.8 Å². The minimum atomic E-state index is -2.78. The van der Waals surface area contributed by atoms with E-state index >= 15 is 0 Å². The van der Waals surface area contributed by atoms with Gasteiger partial charge in [0.05, 0.1) is 5.28 Å². The van der Waals surface area contributed by atoms with Crippen LogP contribution < -0.4 is 5.32 Å². The molecular weight excluding hydrogens is 329 g/mol. The minimum absolute atomic E-state index is 0.0117. The fraction of sp³-hybridized carbons (Fsp3) is 0.952. The van der Waals surface area contributed by atoms with Crippen molar-refractivity contribution in [1.82, 2.24) is 5.32 Å². The highest BCUT2D eigenvalue weighted by Gasteiger charge is 2.72. The van der Waals surface area contributed by atoms with Crippen LogP contribution in [0.15, 0.2) is 0 Å². The molecule has 1 saturated carbocycles. The van der Waals surface area contributed by atoms with E-state index in [-0.39, 0.29) is 27.6 Å². The Bertz CT molecular complexity index is 549. The van der Waals surface area contributed by atoms with Crippen LogP contribution in [0.3, 0.4) is 0 Å². The molecule has 0 saturated heterocycles. The van der Waals surface area contributed by atoms with Gasteiger partial charge in [0.1, 0.15) is 7.14 Å². The maximum absolute atomic E-state index is 14.7. The third kappa shape index (κ3) is 4.18. The van der Waals surface area contributed by atoms with Gasteiger partial charge in [-0.25, -0.2) is 0 Å². The second-order valence-electron chi connectivity index (χ2n) is 12.2. The maximum atomic E-state index is 14.7. The van der Waals surface area contributed by atoms with Crippen LogP contribution in [0.25, 0.3) is 0 Å². The van der Waals surface area contributed by atoms with E-state index in [1.807, 2.05) is 20.8 Å². The topological polar surface area (TPSA) is 46.2 Å². The molecule has 148 valence electrons. The SMILES string of the molecule is CC(C)(C)C[C@H]1C[C@@]1(NC(=O)C(C)(C)C)P(=O)(C(C)(C)C)C(C)(C)C. The highest BCUT2D eigenvalue weighted by atomic mass is 31.2. The summed E-state index contributed by atoms with van der Waals surface area (Å²) in [5.41, 5.74) is -0.331. The van der Waals surface area contributed by atoms with Gasteiger partial charge in [-0.15, -0.1) is 0 Å². The van der Waals surface area contributed by atoms with E-state index in [4.69, 9.17) is 0 Å². The van der Waals surface area contributed by atoms with Crippen LogP contribution >= 0.6 is 7.14 Å². The normalized spacial score (nSPS) is 25.7. The van der Waals surface area contributed by atoms with Crippen molar-refractivity contribution in [2.45, 2.75) is 112 Å². The zero-order chi connectivity index (χ0) is 20.3. The molecule has 0 aliphatic heterocycles. The summed E-state index contributed by atoms with van der Waals surface area (Å²) in [6.45, 7) is 24.9. The number of nitrogens with one attached hydrogen (secondary N) is 1. The maximum Gasteiger partial charge on any atom is 0.226 e. The van der Waals surface area contributed by atoms with E-state index in [1.54, 1.807) is 0 Å². The molecule has 0 heterocycles. The highest BCUT2D eigenvalue weighted by molar-refractivity contribution is 7.68. The molecule has 0 spiro atoms. The monoisotopic (exact) mass is 371 g/mol. The van der Waals surface area contributed by atoms with E-state index in [1.165, 1.54) is 0 Å². The van der Waals surface area contributed by atoms with Crippen LogP contribution in [-0.4, -0.2) is 21.5 Å². The molecule has 1 aliphatic rings. The molecule has 0 bridgehead atoms. The Morgan fingerprint density at radius 2 is 1.32 bits per heavy atom. The van der Waals surface area contributed by atoms with Gasteiger partial charge in [-0.05, 0) is 24.2 Å². The van der Waals surface area contributed by atoms with Gasteiger partial charge >= 0.3 is 0 Å². The lowest BCUT2D eigenvalue weighted by atomic mass is 9.89. The first-order chi connectivity index (χ1) is 10.7. The van der Waals surface area contributed by atoms with Crippen molar-refractivity contribution in [1.29, 1.82) is 0 Å². The lowest BCUT2D eigenvalue weighted by Gasteiger charge is -2.48. The largest absolute Gasteiger partial charge is 0.343 e. The van der Waals surface area contributed by atoms with Gasteiger partial charge in [-0.2, -0.15) is 0 Å². The quantitative estimate of drug-likeness (QED) is 0.595. The molecule has 1 amide bonds. The Morgan fingerprint density at radius 3 is 1.60 bits per heavy atom. The average molecular weight is 372 g/mol. The van der Waals surface area contributed by atoms with Crippen molar-refractivity contribution in [2.75, 3.05) is 0 Å². The average Bonchev–Trinajstić information content (AvgIpc) is 2.95. The zero-order valence-corrected chi connectivity index (χ0v) is 19.6. The summed E-state index contributed by atoms with van der Waals surface area (Å²) in [6, 6.07) is 0. The van der Waals surface area contributed by atoms with Crippen LogP contribution in [0.2, 0.25) is 0 Å². The number of hydrogen-bond acceptors (Lipinski definition) is 2. The summed E-state index contributed by atoms with van der Waals surface area (Å²) >= 11 is 0. The summed E-state index contributed by atoms with van der Waals surface area (Å²) in [6.07, 6.45) is 1.81. The van der Waals surface area contributed by atoms with Crippen molar-refractivity contribution in [2.24, 2.45) is 16.7 Å². The number of rotatable bonds is 3. The predicted molar refractivity (Wildman–Crippen MR) is 110 cm³/mol. The molecule has 0 radical (unpaired) electrons. The minimum Gasteiger partial charge on any atom is -0.343 e. The van der Waals surface area contributed by atoms with Gasteiger partial charge in [-0.1, -0.05) is 83.1 Å². The molecule has 4 heteroatoms. The third-order valence-corrected chi connectivity index (χ3v) is 11.0. The first-order valence-electron chi connectivity index (χ1n) is 9.62. The molecule has 0 unspecified atom stereocenters.